The molecule has 0 bridgehead atoms. The second-order valence-electron chi connectivity index (χ2n) is 10.1. The van der Waals surface area contributed by atoms with Crippen LogP contribution in [0.3, 0.4) is 0 Å². The van der Waals surface area contributed by atoms with E-state index in [0.29, 0.717) is 16.8 Å². The van der Waals surface area contributed by atoms with Gasteiger partial charge in [0.15, 0.2) is 11.5 Å². The number of para-hydroxylation sites is 1. The largest absolute Gasteiger partial charge is 0.444 e. The Kier molecular flexibility index (Phi) is 6.61. The lowest BCUT2D eigenvalue weighted by Gasteiger charge is -2.21. The van der Waals surface area contributed by atoms with Gasteiger partial charge in [-0.05, 0) is 63.4 Å². The van der Waals surface area contributed by atoms with Crippen LogP contribution in [0.1, 0.15) is 49.8 Å². The number of benzene rings is 2. The number of hydrogen-bond donors (Lipinski definition) is 2. The summed E-state index contributed by atoms with van der Waals surface area (Å²) < 4.78 is 8.36. The van der Waals surface area contributed by atoms with Crippen LogP contribution >= 0.6 is 0 Å². The van der Waals surface area contributed by atoms with Crippen molar-refractivity contribution in [3.63, 3.8) is 0 Å². The van der Waals surface area contributed by atoms with Gasteiger partial charge in [0.25, 0.3) is 11.5 Å². The van der Waals surface area contributed by atoms with Crippen LogP contribution in [-0.4, -0.2) is 36.8 Å². The number of nitrogens with zero attached hydrogens (tertiary/aromatic N) is 4. The summed E-state index contributed by atoms with van der Waals surface area (Å²) in [6.45, 7) is 7.01. The van der Waals surface area contributed by atoms with Gasteiger partial charge in [-0.2, -0.15) is 0 Å². The number of rotatable bonds is 5. The summed E-state index contributed by atoms with van der Waals surface area (Å²) >= 11 is 0. The third-order valence-corrected chi connectivity index (χ3v) is 6.00. The van der Waals surface area contributed by atoms with Crippen LogP contribution in [0.4, 0.5) is 10.6 Å². The molecule has 0 saturated carbocycles. The Balaban J connectivity index is 1.55. The summed E-state index contributed by atoms with van der Waals surface area (Å²) in [6.07, 6.45) is 2.41. The van der Waals surface area contributed by atoms with Crippen molar-refractivity contribution in [3.05, 3.63) is 101 Å². The molecular weight excluding hydrogens is 496 g/mol. The first kappa shape index (κ1) is 25.7. The summed E-state index contributed by atoms with van der Waals surface area (Å²) in [7, 11) is 0. The lowest BCUT2D eigenvalue weighted by molar-refractivity contribution is 0.0635. The summed E-state index contributed by atoms with van der Waals surface area (Å²) in [5.74, 6) is -0.519. The van der Waals surface area contributed by atoms with Crippen molar-refractivity contribution < 1.29 is 14.3 Å². The lowest BCUT2D eigenvalue weighted by Crippen LogP contribution is -2.33. The number of aromatic nitrogens is 4. The molecule has 0 radical (unpaired) electrons. The maximum absolute atomic E-state index is 13.7. The Bertz CT molecular complexity index is 1750. The first-order chi connectivity index (χ1) is 18.6. The normalized spacial score (nSPS) is 12.3. The molecule has 0 aliphatic carbocycles. The fourth-order valence-electron chi connectivity index (χ4n) is 4.37. The fraction of sp³-hybridized carbons (Fsp3) is 0.207. The summed E-state index contributed by atoms with van der Waals surface area (Å²) in [5.41, 5.74) is 0.657. The SMILES string of the molecule is C[C@H](NC(=O)c1c(NC(=O)OC(C)(C)C)nn2cccnc12)c1cc2ccccc2c(=O)n1-c1ccccc1. The number of carbonyl (C=O) groups excluding carboxylic acids is 2. The van der Waals surface area contributed by atoms with Gasteiger partial charge in [0, 0.05) is 29.2 Å². The van der Waals surface area contributed by atoms with Crippen LogP contribution in [0.5, 0.6) is 0 Å². The van der Waals surface area contributed by atoms with Gasteiger partial charge in [0.2, 0.25) is 0 Å². The van der Waals surface area contributed by atoms with Crippen LogP contribution in [0.2, 0.25) is 0 Å². The molecule has 0 aliphatic rings. The highest BCUT2D eigenvalue weighted by Crippen LogP contribution is 2.24. The van der Waals surface area contributed by atoms with Gasteiger partial charge >= 0.3 is 6.09 Å². The molecule has 0 unspecified atom stereocenters. The highest BCUT2D eigenvalue weighted by molar-refractivity contribution is 6.07. The van der Waals surface area contributed by atoms with Crippen LogP contribution in [0.15, 0.2) is 83.9 Å². The van der Waals surface area contributed by atoms with E-state index < -0.39 is 23.6 Å². The molecule has 2 aromatic carbocycles. The molecule has 3 aromatic heterocycles. The minimum atomic E-state index is -0.750. The third-order valence-electron chi connectivity index (χ3n) is 6.00. The Morgan fingerprint density at radius 1 is 1.00 bits per heavy atom. The van der Waals surface area contributed by atoms with E-state index in [2.05, 4.69) is 20.7 Å². The zero-order valence-corrected chi connectivity index (χ0v) is 22.0. The molecule has 0 spiro atoms. The summed E-state index contributed by atoms with van der Waals surface area (Å²) in [5, 5.41) is 11.2. The van der Waals surface area contributed by atoms with Crippen LogP contribution in [0, 0.1) is 0 Å². The highest BCUT2D eigenvalue weighted by Gasteiger charge is 2.27. The number of anilines is 1. The van der Waals surface area contributed by atoms with E-state index in [-0.39, 0.29) is 22.6 Å². The molecule has 5 aromatic rings. The molecule has 198 valence electrons. The van der Waals surface area contributed by atoms with Crippen molar-refractivity contribution in [2.24, 2.45) is 0 Å². The van der Waals surface area contributed by atoms with Gasteiger partial charge in [0.1, 0.15) is 11.2 Å². The predicted octanol–water partition coefficient (Wildman–Crippen LogP) is 4.87. The van der Waals surface area contributed by atoms with E-state index in [0.717, 1.165) is 5.39 Å². The van der Waals surface area contributed by atoms with Crippen molar-refractivity contribution in [1.82, 2.24) is 24.5 Å². The number of hydrogen-bond acceptors (Lipinski definition) is 6. The maximum Gasteiger partial charge on any atom is 0.413 e. The number of fused-ring (bicyclic) bond motifs is 2. The van der Waals surface area contributed by atoms with E-state index >= 15 is 0 Å². The number of carbonyl (C=O) groups is 2. The Hall–Kier alpha value is -4.99. The van der Waals surface area contributed by atoms with Crippen molar-refractivity contribution in [1.29, 1.82) is 0 Å². The second kappa shape index (κ2) is 10.1. The zero-order valence-electron chi connectivity index (χ0n) is 22.0. The number of nitrogens with one attached hydrogen (secondary N) is 2. The van der Waals surface area contributed by atoms with Crippen LogP contribution in [-0.2, 0) is 4.74 Å². The number of ether oxygens (including phenoxy) is 1. The molecule has 2 N–H and O–H groups in total. The van der Waals surface area contributed by atoms with Crippen LogP contribution in [0.25, 0.3) is 22.1 Å². The number of pyridine rings is 1. The monoisotopic (exact) mass is 524 g/mol. The highest BCUT2D eigenvalue weighted by atomic mass is 16.6. The lowest BCUT2D eigenvalue weighted by atomic mass is 10.1. The van der Waals surface area contributed by atoms with Gasteiger partial charge < -0.3 is 10.1 Å². The maximum atomic E-state index is 13.7. The average molecular weight is 525 g/mol. The first-order valence-electron chi connectivity index (χ1n) is 12.5. The van der Waals surface area contributed by atoms with E-state index in [9.17, 15) is 14.4 Å². The molecule has 2 amide bonds. The Morgan fingerprint density at radius 2 is 1.72 bits per heavy atom. The van der Waals surface area contributed by atoms with Crippen LogP contribution < -0.4 is 16.2 Å². The molecule has 0 aliphatic heterocycles. The smallest absolute Gasteiger partial charge is 0.413 e. The van der Waals surface area contributed by atoms with E-state index in [4.69, 9.17) is 4.74 Å². The topological polar surface area (TPSA) is 120 Å². The van der Waals surface area contributed by atoms with Gasteiger partial charge in [0.05, 0.1) is 6.04 Å². The van der Waals surface area contributed by atoms with Crippen molar-refractivity contribution in [2.45, 2.75) is 39.3 Å². The molecule has 39 heavy (non-hydrogen) atoms. The molecule has 10 nitrogen and oxygen atoms in total. The quantitative estimate of drug-likeness (QED) is 0.339. The van der Waals surface area contributed by atoms with E-state index in [1.165, 1.54) is 10.7 Å². The molecule has 0 fully saturated rings. The summed E-state index contributed by atoms with van der Waals surface area (Å²) in [4.78, 5) is 44.1. The van der Waals surface area contributed by atoms with Crippen molar-refractivity contribution in [2.75, 3.05) is 5.32 Å². The van der Waals surface area contributed by atoms with Gasteiger partial charge in [-0.15, -0.1) is 5.10 Å². The molecule has 5 rings (SSSR count). The standard InChI is InChI=1S/C29H28N6O4/c1-18(22-17-19-11-8-9-14-21(19)27(37)35(22)20-12-6-5-7-13-20)31-26(36)23-24(32-28(38)39-29(2,3)4)33-34-16-10-15-30-25(23)34/h5-18H,1-4H3,(H,31,36)(H,32,33,38)/t18-/m0/s1. The van der Waals surface area contributed by atoms with Crippen molar-refractivity contribution in [3.8, 4) is 5.69 Å². The van der Waals surface area contributed by atoms with E-state index in [1.54, 1.807) is 50.6 Å². The Morgan fingerprint density at radius 3 is 2.46 bits per heavy atom. The third kappa shape index (κ3) is 5.22. The van der Waals surface area contributed by atoms with E-state index in [1.807, 2.05) is 54.6 Å². The fourth-order valence-corrected chi connectivity index (χ4v) is 4.37. The Labute approximate surface area is 224 Å². The molecule has 0 saturated heterocycles. The minimum absolute atomic E-state index is 0.00612. The zero-order chi connectivity index (χ0) is 27.7. The predicted molar refractivity (Wildman–Crippen MR) is 148 cm³/mol. The number of amides is 2. The molecule has 1 atom stereocenters. The molecular formula is C29H28N6O4. The van der Waals surface area contributed by atoms with Gasteiger partial charge in [-0.3, -0.25) is 19.5 Å². The average Bonchev–Trinajstić information content (AvgIpc) is 3.25. The second-order valence-corrected chi connectivity index (χ2v) is 10.1. The molecule has 3 heterocycles. The van der Waals surface area contributed by atoms with Crippen molar-refractivity contribution >= 4 is 34.2 Å². The molecule has 10 heteroatoms. The van der Waals surface area contributed by atoms with Gasteiger partial charge in [-0.1, -0.05) is 36.4 Å². The minimum Gasteiger partial charge on any atom is -0.444 e. The summed E-state index contributed by atoms with van der Waals surface area (Å²) in [6, 6.07) is 19.5. The van der Waals surface area contributed by atoms with Gasteiger partial charge in [-0.25, -0.2) is 14.3 Å². The first-order valence-corrected chi connectivity index (χ1v) is 12.5.